The largest absolute Gasteiger partial charge is 0.497 e. The number of aryl methyl sites for hydroxylation is 1. The molecule has 0 aliphatic carbocycles. The van der Waals surface area contributed by atoms with Crippen LogP contribution >= 0.6 is 11.3 Å². The van der Waals surface area contributed by atoms with Crippen LogP contribution in [0.15, 0.2) is 57.6 Å². The SMILES string of the molecule is CCOC(=O)C1=C(C)N=c2s/c(=C/c3ccn(CC)n3)c(=O)n2[C@@H]1c1ccc(OC)cc1. The first-order valence-corrected chi connectivity index (χ1v) is 11.2. The summed E-state index contributed by atoms with van der Waals surface area (Å²) >= 11 is 1.28. The summed E-state index contributed by atoms with van der Waals surface area (Å²) in [6, 6.07) is 8.52. The lowest BCUT2D eigenvalue weighted by atomic mass is 9.96. The quantitative estimate of drug-likeness (QED) is 0.534. The zero-order valence-electron chi connectivity index (χ0n) is 18.4. The van der Waals surface area contributed by atoms with Gasteiger partial charge in [-0.05, 0) is 50.6 Å². The third kappa shape index (κ3) is 3.91. The molecular formula is C23H24N4O4S. The molecule has 166 valence electrons. The topological polar surface area (TPSA) is 87.7 Å². The molecule has 0 saturated heterocycles. The van der Waals surface area contributed by atoms with Crippen molar-refractivity contribution >= 4 is 23.4 Å². The maximum Gasteiger partial charge on any atom is 0.338 e. The van der Waals surface area contributed by atoms with Crippen molar-refractivity contribution in [3.63, 3.8) is 0 Å². The number of methoxy groups -OCH3 is 1. The average Bonchev–Trinajstić information content (AvgIpc) is 3.37. The fourth-order valence-electron chi connectivity index (χ4n) is 3.66. The molecule has 0 unspecified atom stereocenters. The number of rotatable bonds is 6. The summed E-state index contributed by atoms with van der Waals surface area (Å²) in [5.74, 6) is 0.205. The van der Waals surface area contributed by atoms with Crippen LogP contribution in [-0.4, -0.2) is 34.0 Å². The minimum atomic E-state index is -0.647. The molecule has 3 heterocycles. The molecule has 0 saturated carbocycles. The Morgan fingerprint density at radius 1 is 1.22 bits per heavy atom. The highest BCUT2D eigenvalue weighted by atomic mass is 32.1. The molecule has 0 bridgehead atoms. The number of thiazole rings is 1. The van der Waals surface area contributed by atoms with Crippen LogP contribution in [0.4, 0.5) is 0 Å². The van der Waals surface area contributed by atoms with E-state index < -0.39 is 12.0 Å². The Hall–Kier alpha value is -3.46. The van der Waals surface area contributed by atoms with Gasteiger partial charge < -0.3 is 9.47 Å². The molecular weight excluding hydrogens is 428 g/mol. The summed E-state index contributed by atoms with van der Waals surface area (Å²) in [7, 11) is 1.59. The van der Waals surface area contributed by atoms with Gasteiger partial charge in [0.15, 0.2) is 4.80 Å². The number of carbonyl (C=O) groups excluding carboxylic acids is 1. The van der Waals surface area contributed by atoms with Crippen LogP contribution in [0.2, 0.25) is 0 Å². The molecule has 3 aromatic rings. The van der Waals surface area contributed by atoms with Gasteiger partial charge in [0, 0.05) is 12.7 Å². The Labute approximate surface area is 188 Å². The van der Waals surface area contributed by atoms with Gasteiger partial charge in [-0.1, -0.05) is 23.5 Å². The van der Waals surface area contributed by atoms with Crippen LogP contribution in [0.3, 0.4) is 0 Å². The highest BCUT2D eigenvalue weighted by Crippen LogP contribution is 2.31. The molecule has 0 N–H and O–H groups in total. The van der Waals surface area contributed by atoms with E-state index in [0.717, 1.165) is 12.1 Å². The first-order valence-electron chi connectivity index (χ1n) is 10.3. The van der Waals surface area contributed by atoms with E-state index in [4.69, 9.17) is 9.47 Å². The van der Waals surface area contributed by atoms with E-state index in [1.807, 2.05) is 31.3 Å². The van der Waals surface area contributed by atoms with Crippen LogP contribution in [0.25, 0.3) is 6.08 Å². The van der Waals surface area contributed by atoms with Crippen LogP contribution in [0.1, 0.15) is 38.1 Å². The Bertz CT molecular complexity index is 1360. The lowest BCUT2D eigenvalue weighted by Crippen LogP contribution is -2.39. The lowest BCUT2D eigenvalue weighted by Gasteiger charge is -2.24. The fraction of sp³-hybridized carbons (Fsp3) is 0.304. The normalized spacial score (nSPS) is 16.0. The highest BCUT2D eigenvalue weighted by molar-refractivity contribution is 7.07. The van der Waals surface area contributed by atoms with Crippen molar-refractivity contribution in [2.75, 3.05) is 13.7 Å². The van der Waals surface area contributed by atoms with Crippen LogP contribution in [0, 0.1) is 0 Å². The summed E-state index contributed by atoms with van der Waals surface area (Å²) in [6.07, 6.45) is 3.62. The molecule has 32 heavy (non-hydrogen) atoms. The zero-order valence-corrected chi connectivity index (χ0v) is 19.2. The van der Waals surface area contributed by atoms with E-state index in [1.54, 1.807) is 48.4 Å². The monoisotopic (exact) mass is 452 g/mol. The number of benzene rings is 1. The molecule has 0 spiro atoms. The van der Waals surface area contributed by atoms with Gasteiger partial charge in [0.1, 0.15) is 5.75 Å². The molecule has 1 atom stereocenters. The molecule has 0 radical (unpaired) electrons. The van der Waals surface area contributed by atoms with E-state index in [-0.39, 0.29) is 12.2 Å². The average molecular weight is 453 g/mol. The van der Waals surface area contributed by atoms with Crippen LogP contribution < -0.4 is 19.6 Å². The number of hydrogen-bond donors (Lipinski definition) is 0. The summed E-state index contributed by atoms with van der Waals surface area (Å²) in [6.45, 7) is 6.49. The van der Waals surface area contributed by atoms with Crippen LogP contribution in [-0.2, 0) is 16.1 Å². The van der Waals surface area contributed by atoms with E-state index in [0.29, 0.717) is 32.0 Å². The number of carbonyl (C=O) groups is 1. The minimum absolute atomic E-state index is 0.227. The summed E-state index contributed by atoms with van der Waals surface area (Å²) in [5.41, 5.74) is 2.12. The smallest absolute Gasteiger partial charge is 0.338 e. The first kappa shape index (κ1) is 21.8. The molecule has 2 aromatic heterocycles. The molecule has 8 nitrogen and oxygen atoms in total. The van der Waals surface area contributed by atoms with E-state index in [9.17, 15) is 9.59 Å². The number of hydrogen-bond acceptors (Lipinski definition) is 7. The maximum absolute atomic E-state index is 13.5. The van der Waals surface area contributed by atoms with Crippen molar-refractivity contribution in [2.45, 2.75) is 33.4 Å². The molecule has 0 fully saturated rings. The van der Waals surface area contributed by atoms with E-state index in [1.165, 1.54) is 11.3 Å². The molecule has 1 aliphatic heterocycles. The first-order chi connectivity index (χ1) is 15.5. The van der Waals surface area contributed by atoms with Crippen molar-refractivity contribution < 1.29 is 14.3 Å². The third-order valence-corrected chi connectivity index (χ3v) is 6.20. The number of aromatic nitrogens is 3. The predicted molar refractivity (Wildman–Crippen MR) is 121 cm³/mol. The van der Waals surface area contributed by atoms with Crippen molar-refractivity contribution in [2.24, 2.45) is 4.99 Å². The second-order valence-corrected chi connectivity index (χ2v) is 8.18. The summed E-state index contributed by atoms with van der Waals surface area (Å²) in [4.78, 5) is 31.5. The Balaban J connectivity index is 1.92. The number of nitrogens with zero attached hydrogens (tertiary/aromatic N) is 4. The zero-order chi connectivity index (χ0) is 22.8. The number of allylic oxidation sites excluding steroid dienone is 1. The van der Waals surface area contributed by atoms with Crippen molar-refractivity contribution in [3.8, 4) is 5.75 Å². The minimum Gasteiger partial charge on any atom is -0.497 e. The standard InChI is InChI=1S/C23H24N4O4S/c1-5-26-12-11-16(25-26)13-18-21(28)27-20(15-7-9-17(30-4)10-8-15)19(22(29)31-6-2)14(3)24-23(27)32-18/h7-13,20H,5-6H2,1-4H3/b18-13+/t20-/m1/s1. The Morgan fingerprint density at radius 3 is 2.59 bits per heavy atom. The molecule has 1 aliphatic rings. The number of fused-ring (bicyclic) bond motifs is 1. The van der Waals surface area contributed by atoms with Crippen molar-refractivity contribution in [3.05, 3.63) is 78.7 Å². The van der Waals surface area contributed by atoms with Gasteiger partial charge in [0.25, 0.3) is 5.56 Å². The van der Waals surface area contributed by atoms with Gasteiger partial charge in [-0.25, -0.2) is 9.79 Å². The lowest BCUT2D eigenvalue weighted by molar-refractivity contribution is -0.139. The van der Waals surface area contributed by atoms with Gasteiger partial charge in [0.2, 0.25) is 0 Å². The predicted octanol–water partition coefficient (Wildman–Crippen LogP) is 2.02. The van der Waals surface area contributed by atoms with Gasteiger partial charge in [-0.15, -0.1) is 0 Å². The highest BCUT2D eigenvalue weighted by Gasteiger charge is 2.33. The van der Waals surface area contributed by atoms with E-state index >= 15 is 0 Å². The fourth-order valence-corrected chi connectivity index (χ4v) is 4.69. The summed E-state index contributed by atoms with van der Waals surface area (Å²) in [5, 5.41) is 4.44. The second-order valence-electron chi connectivity index (χ2n) is 7.17. The van der Waals surface area contributed by atoms with Crippen LogP contribution in [0.5, 0.6) is 5.75 Å². The van der Waals surface area contributed by atoms with Crippen molar-refractivity contribution in [1.29, 1.82) is 0 Å². The molecule has 1 aromatic carbocycles. The van der Waals surface area contributed by atoms with Gasteiger partial charge >= 0.3 is 5.97 Å². The van der Waals surface area contributed by atoms with Gasteiger partial charge in [-0.2, -0.15) is 5.10 Å². The maximum atomic E-state index is 13.5. The number of esters is 1. The summed E-state index contributed by atoms with van der Waals surface area (Å²) < 4.78 is 14.4. The third-order valence-electron chi connectivity index (χ3n) is 5.21. The number of ether oxygens (including phenoxy) is 2. The van der Waals surface area contributed by atoms with Crippen molar-refractivity contribution in [1.82, 2.24) is 14.3 Å². The molecule has 0 amide bonds. The Kier molecular flexibility index (Phi) is 6.09. The van der Waals surface area contributed by atoms with Gasteiger partial charge in [0.05, 0.1) is 41.3 Å². The molecule has 4 rings (SSSR count). The Morgan fingerprint density at radius 2 is 1.97 bits per heavy atom. The van der Waals surface area contributed by atoms with Gasteiger partial charge in [-0.3, -0.25) is 14.0 Å². The molecule has 9 heteroatoms. The van der Waals surface area contributed by atoms with E-state index in [2.05, 4.69) is 10.1 Å². The second kappa shape index (κ2) is 8.96.